The summed E-state index contributed by atoms with van der Waals surface area (Å²) >= 11 is 0. The van der Waals surface area contributed by atoms with Crippen LogP contribution in [0.4, 0.5) is 4.39 Å². The van der Waals surface area contributed by atoms with Crippen LogP contribution in [0.3, 0.4) is 0 Å². The number of fused-ring (bicyclic) bond motifs is 3. The van der Waals surface area contributed by atoms with Gasteiger partial charge in [0.25, 0.3) is 0 Å². The zero-order valence-corrected chi connectivity index (χ0v) is 20.1. The van der Waals surface area contributed by atoms with Gasteiger partial charge in [0.1, 0.15) is 24.0 Å². The molecular formula is C32H31FNO+. The van der Waals surface area contributed by atoms with Crippen LogP contribution in [0.5, 0.6) is 0 Å². The van der Waals surface area contributed by atoms with E-state index in [1.54, 1.807) is 24.4 Å². The second-order valence-electron chi connectivity index (χ2n) is 9.69. The van der Waals surface area contributed by atoms with Gasteiger partial charge in [0.2, 0.25) is 5.69 Å². The van der Waals surface area contributed by atoms with E-state index in [0.29, 0.717) is 28.0 Å². The highest BCUT2D eigenvalue weighted by molar-refractivity contribution is 6.13. The molecule has 1 fully saturated rings. The maximum Gasteiger partial charge on any atom is 0.216 e. The lowest BCUT2D eigenvalue weighted by Gasteiger charge is -2.22. The van der Waals surface area contributed by atoms with Crippen LogP contribution in [0.2, 0.25) is 0 Å². The summed E-state index contributed by atoms with van der Waals surface area (Å²) < 4.78 is 56.5. The van der Waals surface area contributed by atoms with E-state index in [2.05, 4.69) is 0 Å². The molecule has 1 aliphatic rings. The molecule has 2 nitrogen and oxygen atoms in total. The van der Waals surface area contributed by atoms with E-state index in [1.807, 2.05) is 54.9 Å². The molecule has 0 radical (unpaired) electrons. The van der Waals surface area contributed by atoms with E-state index in [9.17, 15) is 0 Å². The van der Waals surface area contributed by atoms with Gasteiger partial charge in [-0.3, -0.25) is 0 Å². The molecule has 35 heavy (non-hydrogen) atoms. The SMILES string of the molecule is [2H]C([2H])([2H])c1cc[n+](C)c(-c2c(C)ccc3c2oc2c(-c4ccc(C5([2H])CCCCC5)cc4)c(F)ccc23)c1. The first-order valence-corrected chi connectivity index (χ1v) is 12.3. The molecule has 0 saturated heterocycles. The Morgan fingerprint density at radius 1 is 0.914 bits per heavy atom. The maximum atomic E-state index is 15.5. The average Bonchev–Trinajstić information content (AvgIpc) is 3.27. The minimum absolute atomic E-state index is 0.250. The van der Waals surface area contributed by atoms with Gasteiger partial charge < -0.3 is 4.42 Å². The Hall–Kier alpha value is -3.46. The molecule has 0 amide bonds. The number of hydrogen-bond donors (Lipinski definition) is 0. The lowest BCUT2D eigenvalue weighted by molar-refractivity contribution is -0.660. The molecule has 5 aromatic rings. The Morgan fingerprint density at radius 3 is 2.37 bits per heavy atom. The number of aryl methyl sites for hydroxylation is 3. The van der Waals surface area contributed by atoms with Gasteiger partial charge in [-0.05, 0) is 66.9 Å². The highest BCUT2D eigenvalue weighted by atomic mass is 19.1. The van der Waals surface area contributed by atoms with E-state index in [0.717, 1.165) is 53.1 Å². The zero-order valence-electron chi connectivity index (χ0n) is 24.1. The summed E-state index contributed by atoms with van der Waals surface area (Å²) in [5, 5.41) is 1.64. The summed E-state index contributed by atoms with van der Waals surface area (Å²) in [7, 11) is 1.87. The Morgan fingerprint density at radius 2 is 1.63 bits per heavy atom. The van der Waals surface area contributed by atoms with E-state index in [-0.39, 0.29) is 11.4 Å². The van der Waals surface area contributed by atoms with Crippen molar-refractivity contribution in [3.05, 3.63) is 89.4 Å². The molecule has 1 saturated carbocycles. The third kappa shape index (κ3) is 3.74. The highest BCUT2D eigenvalue weighted by Crippen LogP contribution is 2.42. The van der Waals surface area contributed by atoms with Crippen molar-refractivity contribution in [3.63, 3.8) is 0 Å². The minimum atomic E-state index is -2.24. The number of pyridine rings is 1. The predicted molar refractivity (Wildman–Crippen MR) is 141 cm³/mol. The van der Waals surface area contributed by atoms with Gasteiger partial charge in [-0.15, -0.1) is 0 Å². The first kappa shape index (κ1) is 17.9. The number of rotatable bonds is 3. The van der Waals surface area contributed by atoms with Crippen LogP contribution < -0.4 is 4.57 Å². The van der Waals surface area contributed by atoms with E-state index < -0.39 is 12.7 Å². The van der Waals surface area contributed by atoms with Crippen molar-refractivity contribution in [3.8, 4) is 22.4 Å². The van der Waals surface area contributed by atoms with Gasteiger partial charge in [-0.1, -0.05) is 55.7 Å². The average molecular weight is 469 g/mol. The van der Waals surface area contributed by atoms with Crippen molar-refractivity contribution in [2.75, 3.05) is 0 Å². The molecule has 2 aromatic heterocycles. The molecule has 1 aliphatic carbocycles. The summed E-state index contributed by atoms with van der Waals surface area (Å²) in [6.07, 6.45) is 6.75. The topological polar surface area (TPSA) is 17.0 Å². The van der Waals surface area contributed by atoms with Crippen LogP contribution in [0.1, 0.15) is 60.2 Å². The Kier molecular flexibility index (Phi) is 4.42. The number of aromatic nitrogens is 1. The fourth-order valence-electron chi connectivity index (χ4n) is 5.52. The minimum Gasteiger partial charge on any atom is -0.454 e. The Balaban J connectivity index is 1.54. The van der Waals surface area contributed by atoms with E-state index in [1.165, 1.54) is 12.5 Å². The fraction of sp³-hybridized carbons (Fsp3) is 0.281. The first-order chi connectivity index (χ1) is 18.6. The molecule has 0 unspecified atom stereocenters. The summed E-state index contributed by atoms with van der Waals surface area (Å²) in [6.45, 7) is -0.275. The van der Waals surface area contributed by atoms with Gasteiger partial charge in [-0.2, -0.15) is 0 Å². The normalized spacial score (nSPS) is 17.7. The number of nitrogens with zero attached hydrogens (tertiary/aromatic N) is 1. The van der Waals surface area contributed by atoms with Crippen molar-refractivity contribution < 1.29 is 18.9 Å². The van der Waals surface area contributed by atoms with Gasteiger partial charge in [0.15, 0.2) is 6.20 Å². The number of furan rings is 1. The summed E-state index contributed by atoms with van der Waals surface area (Å²) in [6, 6.07) is 18.2. The van der Waals surface area contributed by atoms with Crippen molar-refractivity contribution in [2.24, 2.45) is 7.05 Å². The summed E-state index contributed by atoms with van der Waals surface area (Å²) in [5.74, 6) is -0.952. The quantitative estimate of drug-likeness (QED) is 0.242. The maximum absolute atomic E-state index is 15.5. The van der Waals surface area contributed by atoms with Crippen molar-refractivity contribution in [1.29, 1.82) is 0 Å². The van der Waals surface area contributed by atoms with Crippen LogP contribution in [0, 0.1) is 19.6 Å². The molecule has 2 heterocycles. The zero-order chi connectivity index (χ0) is 27.5. The molecule has 0 atom stereocenters. The molecule has 3 aromatic carbocycles. The van der Waals surface area contributed by atoms with Crippen LogP contribution in [-0.4, -0.2) is 0 Å². The monoisotopic (exact) mass is 468 g/mol. The lowest BCUT2D eigenvalue weighted by atomic mass is 9.83. The van der Waals surface area contributed by atoms with Crippen molar-refractivity contribution >= 4 is 21.9 Å². The Bertz CT molecular complexity index is 1710. The third-order valence-corrected chi connectivity index (χ3v) is 7.41. The highest BCUT2D eigenvalue weighted by Gasteiger charge is 2.23. The summed E-state index contributed by atoms with van der Waals surface area (Å²) in [4.78, 5) is 0. The van der Waals surface area contributed by atoms with Crippen LogP contribution in [0.25, 0.3) is 44.3 Å². The second kappa shape index (κ2) is 8.64. The molecule has 0 aliphatic heterocycles. The molecule has 3 heteroatoms. The third-order valence-electron chi connectivity index (χ3n) is 7.41. The fourth-order valence-corrected chi connectivity index (χ4v) is 5.52. The van der Waals surface area contributed by atoms with Gasteiger partial charge in [0, 0.05) is 28.4 Å². The number of halogens is 1. The van der Waals surface area contributed by atoms with Crippen molar-refractivity contribution in [1.82, 2.24) is 0 Å². The van der Waals surface area contributed by atoms with Crippen LogP contribution >= 0.6 is 0 Å². The first-order valence-electron chi connectivity index (χ1n) is 14.3. The van der Waals surface area contributed by atoms with Crippen LogP contribution in [-0.2, 0) is 7.05 Å². The number of hydrogen-bond acceptors (Lipinski definition) is 1. The van der Waals surface area contributed by atoms with Gasteiger partial charge in [0.05, 0.1) is 11.1 Å². The summed E-state index contributed by atoms with van der Waals surface area (Å²) in [5.41, 5.74) is 5.80. The Labute approximate surface area is 211 Å². The van der Waals surface area contributed by atoms with Crippen LogP contribution in [0.15, 0.2) is 71.3 Å². The van der Waals surface area contributed by atoms with Gasteiger partial charge >= 0.3 is 0 Å². The number of benzene rings is 3. The van der Waals surface area contributed by atoms with E-state index >= 15 is 4.39 Å². The predicted octanol–water partition coefficient (Wildman–Crippen LogP) is 8.55. The lowest BCUT2D eigenvalue weighted by Crippen LogP contribution is -2.30. The molecule has 6 rings (SSSR count). The largest absolute Gasteiger partial charge is 0.454 e. The van der Waals surface area contributed by atoms with E-state index in [4.69, 9.17) is 9.90 Å². The molecule has 0 spiro atoms. The molecule has 0 bridgehead atoms. The smallest absolute Gasteiger partial charge is 0.216 e. The molecule has 176 valence electrons. The van der Waals surface area contributed by atoms with Crippen molar-refractivity contribution in [2.45, 2.75) is 51.8 Å². The standard InChI is InChI=1S/C32H31FNO/c1-20-17-18-34(3)28(19-20)29-21(2)9-14-25-26-15-16-27(33)30(32(26)35-31(25)29)24-12-10-23(11-13-24)22-7-5-4-6-8-22/h9-19,22H,4-8H2,1-3H3/q+1/i1D3,22D. The molecular weight excluding hydrogens is 433 g/mol. The van der Waals surface area contributed by atoms with Gasteiger partial charge in [-0.25, -0.2) is 8.96 Å². The molecule has 0 N–H and O–H groups in total. The second-order valence-corrected chi connectivity index (χ2v) is 9.69.